The van der Waals surface area contributed by atoms with Gasteiger partial charge in [-0.05, 0) is 69.3 Å². The number of nitrogens with zero attached hydrogens (tertiary/aromatic N) is 1. The molecule has 0 aliphatic carbocycles. The lowest BCUT2D eigenvalue weighted by atomic mass is 10.0. The second-order valence-corrected chi connectivity index (χ2v) is 8.96. The predicted octanol–water partition coefficient (Wildman–Crippen LogP) is 5.00. The molecule has 0 aliphatic heterocycles. The number of fused-ring (bicyclic) bond motifs is 1. The molecule has 39 heavy (non-hydrogen) atoms. The molecule has 4 aromatic rings. The van der Waals surface area contributed by atoms with Crippen molar-refractivity contribution >= 4 is 23.1 Å². The van der Waals surface area contributed by atoms with Crippen LogP contribution >= 0.6 is 0 Å². The number of hydrogen-bond donors (Lipinski definition) is 3. The number of rotatable bonds is 8. The van der Waals surface area contributed by atoms with Crippen molar-refractivity contribution in [2.45, 2.75) is 38.8 Å². The first-order chi connectivity index (χ1) is 19.0. The fraction of sp³-hybridized carbons (Fsp3) is 0.219. The number of amides is 1. The van der Waals surface area contributed by atoms with Gasteiger partial charge in [-0.25, -0.2) is 0 Å². The summed E-state index contributed by atoms with van der Waals surface area (Å²) >= 11 is 0. The van der Waals surface area contributed by atoms with Gasteiger partial charge >= 0.3 is 0 Å². The predicted molar refractivity (Wildman–Crippen MR) is 154 cm³/mol. The van der Waals surface area contributed by atoms with Gasteiger partial charge in [-0.15, -0.1) is 0 Å². The van der Waals surface area contributed by atoms with Gasteiger partial charge in [0.25, 0.3) is 5.91 Å². The molecule has 0 radical (unpaired) electrons. The fourth-order valence-corrected chi connectivity index (χ4v) is 4.04. The zero-order valence-electron chi connectivity index (χ0n) is 22.3. The average molecular weight is 521 g/mol. The van der Waals surface area contributed by atoms with E-state index in [1.807, 2.05) is 44.3 Å². The molecular weight excluding hydrogens is 488 g/mol. The standard InChI is InChI=1S/C31H27N3O3.CH5N/c1-21(2)37-30-14-13-23(10-7-22-8-11-24(20-35)12-9-22)17-28(30)31(36)34-26(15-16-32)18-25-19-33-29-6-4-3-5-27(25)29;1-2/h3-6,8-9,11-14,17,19-21,26,33H,15,18H2,1-2H3,(H,34,36);2H2,1H3. The van der Waals surface area contributed by atoms with Crippen molar-refractivity contribution < 1.29 is 14.3 Å². The van der Waals surface area contributed by atoms with Gasteiger partial charge in [0.05, 0.1) is 24.2 Å². The smallest absolute Gasteiger partial charge is 0.255 e. The van der Waals surface area contributed by atoms with Crippen LogP contribution in [-0.4, -0.2) is 36.4 Å². The zero-order valence-corrected chi connectivity index (χ0v) is 22.3. The van der Waals surface area contributed by atoms with Gasteiger partial charge < -0.3 is 20.8 Å². The molecule has 198 valence electrons. The number of nitriles is 1. The molecule has 0 spiro atoms. The first-order valence-corrected chi connectivity index (χ1v) is 12.7. The van der Waals surface area contributed by atoms with Crippen molar-refractivity contribution in [2.75, 3.05) is 7.05 Å². The number of aromatic nitrogens is 1. The SMILES string of the molecule is CC(C)Oc1ccc(C#Cc2ccc(C=O)cc2)cc1C(=O)NC(CC#N)Cc1c[nH]c2ccccc12.CN. The van der Waals surface area contributed by atoms with Crippen molar-refractivity contribution in [3.8, 4) is 23.7 Å². The van der Waals surface area contributed by atoms with E-state index < -0.39 is 0 Å². The number of carbonyl (C=O) groups excluding carboxylic acids is 2. The molecule has 1 heterocycles. The maximum Gasteiger partial charge on any atom is 0.255 e. The van der Waals surface area contributed by atoms with Crippen LogP contribution in [0.1, 0.15) is 57.7 Å². The zero-order chi connectivity index (χ0) is 28.2. The lowest BCUT2D eigenvalue weighted by Crippen LogP contribution is -2.36. The summed E-state index contributed by atoms with van der Waals surface area (Å²) < 4.78 is 5.90. The molecule has 7 heteroatoms. The molecule has 4 rings (SSSR count). The van der Waals surface area contributed by atoms with E-state index in [9.17, 15) is 14.9 Å². The molecule has 1 amide bonds. The average Bonchev–Trinajstić information content (AvgIpc) is 3.36. The van der Waals surface area contributed by atoms with Crippen LogP contribution in [-0.2, 0) is 6.42 Å². The van der Waals surface area contributed by atoms with Gasteiger partial charge in [0.1, 0.15) is 12.0 Å². The monoisotopic (exact) mass is 520 g/mol. The highest BCUT2D eigenvalue weighted by Crippen LogP contribution is 2.23. The number of hydrogen-bond acceptors (Lipinski definition) is 5. The minimum absolute atomic E-state index is 0.124. The quantitative estimate of drug-likeness (QED) is 0.223. The van der Waals surface area contributed by atoms with E-state index in [2.05, 4.69) is 33.9 Å². The van der Waals surface area contributed by atoms with E-state index in [-0.39, 0.29) is 24.5 Å². The van der Waals surface area contributed by atoms with Crippen LogP contribution in [0.15, 0.2) is 72.9 Å². The van der Waals surface area contributed by atoms with Crippen LogP contribution in [0.4, 0.5) is 0 Å². The van der Waals surface area contributed by atoms with E-state index in [1.165, 1.54) is 7.05 Å². The maximum absolute atomic E-state index is 13.4. The molecule has 1 atom stereocenters. The van der Waals surface area contributed by atoms with Gasteiger partial charge in [-0.2, -0.15) is 5.26 Å². The molecule has 7 nitrogen and oxygen atoms in total. The van der Waals surface area contributed by atoms with Gasteiger partial charge in [-0.3, -0.25) is 9.59 Å². The van der Waals surface area contributed by atoms with Crippen LogP contribution in [0, 0.1) is 23.2 Å². The molecule has 0 saturated heterocycles. The van der Waals surface area contributed by atoms with Crippen molar-refractivity contribution in [3.05, 3.63) is 101 Å². The second kappa shape index (κ2) is 14.2. The highest BCUT2D eigenvalue weighted by atomic mass is 16.5. The number of H-pyrrole nitrogens is 1. The van der Waals surface area contributed by atoms with E-state index in [0.29, 0.717) is 28.9 Å². The Balaban J connectivity index is 0.00000205. The molecule has 0 fully saturated rings. The summed E-state index contributed by atoms with van der Waals surface area (Å²) in [5.41, 5.74) is 8.90. The summed E-state index contributed by atoms with van der Waals surface area (Å²) in [6.07, 6.45) is 3.27. The minimum Gasteiger partial charge on any atom is -0.490 e. The molecule has 3 aromatic carbocycles. The Hall–Kier alpha value is -4.85. The molecule has 1 unspecified atom stereocenters. The summed E-state index contributed by atoms with van der Waals surface area (Å²) in [6.45, 7) is 3.79. The van der Waals surface area contributed by atoms with E-state index >= 15 is 0 Å². The summed E-state index contributed by atoms with van der Waals surface area (Å²) in [5.74, 6) is 6.27. The first kappa shape index (κ1) is 28.7. The summed E-state index contributed by atoms with van der Waals surface area (Å²) in [5, 5.41) is 13.5. The van der Waals surface area contributed by atoms with Crippen LogP contribution in [0.3, 0.4) is 0 Å². The van der Waals surface area contributed by atoms with Gasteiger partial charge in [0.15, 0.2) is 0 Å². The molecular formula is C32H32N4O3. The third kappa shape index (κ3) is 7.82. The third-order valence-electron chi connectivity index (χ3n) is 5.80. The van der Waals surface area contributed by atoms with Crippen LogP contribution < -0.4 is 15.8 Å². The molecule has 1 aromatic heterocycles. The van der Waals surface area contributed by atoms with Gasteiger partial charge in [0.2, 0.25) is 0 Å². The Bertz CT molecular complexity index is 1520. The van der Waals surface area contributed by atoms with E-state index in [0.717, 1.165) is 28.3 Å². The largest absolute Gasteiger partial charge is 0.490 e. The Morgan fingerprint density at radius 1 is 1.05 bits per heavy atom. The number of para-hydroxylation sites is 1. The number of aromatic amines is 1. The maximum atomic E-state index is 13.4. The molecule has 0 aliphatic rings. The highest BCUT2D eigenvalue weighted by Gasteiger charge is 2.20. The van der Waals surface area contributed by atoms with Crippen molar-refractivity contribution in [3.63, 3.8) is 0 Å². The summed E-state index contributed by atoms with van der Waals surface area (Å²) in [6, 6.07) is 22.0. The van der Waals surface area contributed by atoms with Crippen LogP contribution in [0.2, 0.25) is 0 Å². The minimum atomic E-state index is -0.380. The number of aldehydes is 1. The molecule has 0 bridgehead atoms. The van der Waals surface area contributed by atoms with Crippen molar-refractivity contribution in [1.82, 2.24) is 10.3 Å². The lowest BCUT2D eigenvalue weighted by molar-refractivity contribution is 0.0931. The normalized spacial score (nSPS) is 10.9. The van der Waals surface area contributed by atoms with E-state index in [1.54, 1.807) is 42.5 Å². The second-order valence-electron chi connectivity index (χ2n) is 8.96. The summed E-state index contributed by atoms with van der Waals surface area (Å²) in [7, 11) is 1.50. The van der Waals surface area contributed by atoms with Crippen molar-refractivity contribution in [1.29, 1.82) is 5.26 Å². The number of nitrogens with two attached hydrogens (primary N) is 1. The number of carbonyl (C=O) groups is 2. The Morgan fingerprint density at radius 3 is 2.44 bits per heavy atom. The van der Waals surface area contributed by atoms with Crippen molar-refractivity contribution in [2.24, 2.45) is 5.73 Å². The Labute approximate surface area is 229 Å². The van der Waals surface area contributed by atoms with Crippen LogP contribution in [0.5, 0.6) is 5.75 Å². The molecule has 4 N–H and O–H groups in total. The fourth-order valence-electron chi connectivity index (χ4n) is 4.04. The number of benzene rings is 3. The lowest BCUT2D eigenvalue weighted by Gasteiger charge is -2.18. The Morgan fingerprint density at radius 2 is 1.74 bits per heavy atom. The van der Waals surface area contributed by atoms with E-state index in [4.69, 9.17) is 4.74 Å². The van der Waals surface area contributed by atoms with Gasteiger partial charge in [0, 0.05) is 39.8 Å². The first-order valence-electron chi connectivity index (χ1n) is 12.7. The number of ether oxygens (including phenoxy) is 1. The van der Waals surface area contributed by atoms with Gasteiger partial charge in [-0.1, -0.05) is 42.2 Å². The Kier molecular flexibility index (Phi) is 10.4. The van der Waals surface area contributed by atoms with Crippen LogP contribution in [0.25, 0.3) is 10.9 Å². The molecule has 0 saturated carbocycles. The summed E-state index contributed by atoms with van der Waals surface area (Å²) in [4.78, 5) is 27.5. The highest BCUT2D eigenvalue weighted by molar-refractivity contribution is 5.97. The topological polar surface area (TPSA) is 121 Å². The number of nitrogens with one attached hydrogen (secondary N) is 2. The third-order valence-corrected chi connectivity index (χ3v) is 5.80.